The summed E-state index contributed by atoms with van der Waals surface area (Å²) >= 11 is 6.55. The van der Waals surface area contributed by atoms with Crippen molar-refractivity contribution in [1.29, 1.82) is 0 Å². The Morgan fingerprint density at radius 2 is 1.92 bits per heavy atom. The first-order chi connectivity index (χ1) is 17.6. The Balaban J connectivity index is 1.26. The van der Waals surface area contributed by atoms with Crippen molar-refractivity contribution in [3.05, 3.63) is 40.4 Å². The van der Waals surface area contributed by atoms with Gasteiger partial charge in [-0.15, -0.1) is 0 Å². The van der Waals surface area contributed by atoms with Crippen LogP contribution in [0.4, 0.5) is 0 Å². The van der Waals surface area contributed by atoms with Gasteiger partial charge in [0.05, 0.1) is 0 Å². The van der Waals surface area contributed by atoms with E-state index in [9.17, 15) is 9.90 Å². The van der Waals surface area contributed by atoms with Crippen LogP contribution in [0, 0.1) is 34.5 Å². The number of ether oxygens (including phenoxy) is 1. The molecule has 3 fully saturated rings. The van der Waals surface area contributed by atoms with E-state index in [0.717, 1.165) is 30.7 Å². The number of fused-ring (bicyclic) bond motifs is 4. The molecule has 204 valence electrons. The third-order valence-corrected chi connectivity index (χ3v) is 13.6. The Labute approximate surface area is 235 Å². The topological polar surface area (TPSA) is 46.5 Å². The maximum atomic E-state index is 11.8. The average molecular weight is 592 g/mol. The van der Waals surface area contributed by atoms with Gasteiger partial charge in [0.2, 0.25) is 0 Å². The van der Waals surface area contributed by atoms with Crippen molar-refractivity contribution in [3.63, 3.8) is 0 Å². The standard InChI is InChI=1S/C32H45ClO3Se/c1-20(6-5-17-37-25-10-8-23(33)9-11-25)27-13-14-28-26-12-7-22-18-24(36-21(2)34)15-16-31(22,3)29(26)19-30(35)32(27,28)4/h8-11,20,22,24,27,29-30,35H,5-7,12-19H2,1-4H3/t20-,22-,24-,27-,29+,30+,31+,32-/m1/s1. The number of carbonyl (C=O) groups excluding carboxylic acids is 1. The van der Waals surface area contributed by atoms with Gasteiger partial charge in [0, 0.05) is 6.92 Å². The molecule has 5 rings (SSSR count). The van der Waals surface area contributed by atoms with Gasteiger partial charge in [-0.3, -0.25) is 4.79 Å². The third kappa shape index (κ3) is 5.22. The zero-order valence-electron chi connectivity index (χ0n) is 23.1. The molecule has 5 heteroatoms. The van der Waals surface area contributed by atoms with Crippen molar-refractivity contribution in [2.45, 2.75) is 109 Å². The number of aliphatic hydroxyl groups is 1. The molecule has 37 heavy (non-hydrogen) atoms. The summed E-state index contributed by atoms with van der Waals surface area (Å²) in [7, 11) is 0. The van der Waals surface area contributed by atoms with Crippen molar-refractivity contribution in [1.82, 2.24) is 0 Å². The quantitative estimate of drug-likeness (QED) is 0.159. The monoisotopic (exact) mass is 592 g/mol. The third-order valence-electron chi connectivity index (χ3n) is 11.0. The number of hydrogen-bond donors (Lipinski definition) is 1. The summed E-state index contributed by atoms with van der Waals surface area (Å²) in [6.07, 6.45) is 11.2. The summed E-state index contributed by atoms with van der Waals surface area (Å²) in [5, 5.41) is 13.9. The molecule has 4 aliphatic rings. The molecule has 8 atom stereocenters. The fourth-order valence-electron chi connectivity index (χ4n) is 9.02. The van der Waals surface area contributed by atoms with E-state index < -0.39 is 0 Å². The van der Waals surface area contributed by atoms with Gasteiger partial charge in [-0.05, 0) is 0 Å². The molecular formula is C32H45ClO3Se. The Morgan fingerprint density at radius 3 is 2.65 bits per heavy atom. The van der Waals surface area contributed by atoms with Crippen LogP contribution < -0.4 is 4.46 Å². The van der Waals surface area contributed by atoms with Gasteiger partial charge in [0.15, 0.2) is 0 Å². The predicted octanol–water partition coefficient (Wildman–Crippen LogP) is 7.13. The normalized spacial score (nSPS) is 37.9. The molecule has 0 saturated heterocycles. The number of hydrogen-bond acceptors (Lipinski definition) is 3. The molecule has 0 radical (unpaired) electrons. The van der Waals surface area contributed by atoms with Crippen LogP contribution in [0.3, 0.4) is 0 Å². The summed E-state index contributed by atoms with van der Waals surface area (Å²) < 4.78 is 7.07. The van der Waals surface area contributed by atoms with Crippen molar-refractivity contribution in [2.24, 2.45) is 34.5 Å². The summed E-state index contributed by atoms with van der Waals surface area (Å²) in [6, 6.07) is 8.36. The predicted molar refractivity (Wildman–Crippen MR) is 152 cm³/mol. The molecule has 0 aliphatic heterocycles. The molecular weight excluding hydrogens is 547 g/mol. The van der Waals surface area contributed by atoms with Gasteiger partial charge >= 0.3 is 213 Å². The number of aliphatic hydroxyl groups excluding tert-OH is 1. The van der Waals surface area contributed by atoms with E-state index in [1.54, 1.807) is 11.1 Å². The van der Waals surface area contributed by atoms with E-state index in [-0.39, 0.29) is 29.0 Å². The molecule has 0 unspecified atom stereocenters. The fourth-order valence-corrected chi connectivity index (χ4v) is 11.0. The van der Waals surface area contributed by atoms with Crippen LogP contribution in [-0.2, 0) is 9.53 Å². The molecule has 0 spiro atoms. The van der Waals surface area contributed by atoms with Crippen LogP contribution in [0.5, 0.6) is 0 Å². The number of esters is 1. The molecule has 3 nitrogen and oxygen atoms in total. The van der Waals surface area contributed by atoms with Crippen LogP contribution >= 0.6 is 11.6 Å². The number of benzene rings is 1. The molecule has 1 aromatic rings. The van der Waals surface area contributed by atoms with Gasteiger partial charge in [-0.1, -0.05) is 0 Å². The first-order valence-electron chi connectivity index (χ1n) is 14.6. The van der Waals surface area contributed by atoms with E-state index in [1.165, 1.54) is 55.2 Å². The second-order valence-corrected chi connectivity index (χ2v) is 15.8. The van der Waals surface area contributed by atoms with Crippen LogP contribution in [0.15, 0.2) is 35.4 Å². The minimum atomic E-state index is -0.244. The second kappa shape index (κ2) is 11.0. The number of rotatable bonds is 7. The van der Waals surface area contributed by atoms with E-state index in [2.05, 4.69) is 32.9 Å². The number of carbonyl (C=O) groups is 1. The molecule has 1 N–H and O–H groups in total. The van der Waals surface area contributed by atoms with E-state index in [1.807, 2.05) is 12.1 Å². The zero-order chi connectivity index (χ0) is 26.4. The molecule has 0 amide bonds. The minimum absolute atomic E-state index is 0.0509. The van der Waals surface area contributed by atoms with Gasteiger partial charge in [-0.2, -0.15) is 0 Å². The summed E-state index contributed by atoms with van der Waals surface area (Å²) in [4.78, 5) is 11.6. The maximum absolute atomic E-state index is 11.8. The van der Waals surface area contributed by atoms with Gasteiger partial charge in [0.25, 0.3) is 0 Å². The Bertz CT molecular complexity index is 1020. The first kappa shape index (κ1) is 27.8. The van der Waals surface area contributed by atoms with E-state index in [0.29, 0.717) is 38.6 Å². The zero-order valence-corrected chi connectivity index (χ0v) is 25.6. The van der Waals surface area contributed by atoms with Crippen molar-refractivity contribution in [3.8, 4) is 0 Å². The SMILES string of the molecule is CC(=O)O[C@@H]1CC[C@@]2(C)[C@H](CCC3=C4CC[C@H]([C@H](C)CCC[Se]c5ccc(Cl)cc5)[C@@]4(C)[C@@H](O)C[C@@H]32)C1. The summed E-state index contributed by atoms with van der Waals surface area (Å²) in [5.41, 5.74) is 3.54. The first-order valence-corrected chi connectivity index (χ1v) is 17.0. The van der Waals surface area contributed by atoms with Crippen molar-refractivity contribution < 1.29 is 14.6 Å². The molecule has 4 aliphatic carbocycles. The molecule has 3 saturated carbocycles. The molecule has 0 bridgehead atoms. The number of allylic oxidation sites excluding steroid dienone is 1. The van der Waals surface area contributed by atoms with Crippen LogP contribution in [0.1, 0.15) is 91.9 Å². The molecule has 1 aromatic carbocycles. The Kier molecular flexibility index (Phi) is 8.25. The van der Waals surface area contributed by atoms with Gasteiger partial charge in [-0.25, -0.2) is 0 Å². The number of halogens is 1. The Hall–Kier alpha value is -0.801. The second-order valence-electron chi connectivity index (χ2n) is 12.9. The summed E-state index contributed by atoms with van der Waals surface area (Å²) in [6.45, 7) is 8.88. The van der Waals surface area contributed by atoms with Crippen molar-refractivity contribution in [2.75, 3.05) is 0 Å². The summed E-state index contributed by atoms with van der Waals surface area (Å²) in [5.74, 6) is 2.17. The van der Waals surface area contributed by atoms with E-state index in [4.69, 9.17) is 16.3 Å². The van der Waals surface area contributed by atoms with E-state index >= 15 is 0 Å². The fraction of sp³-hybridized carbons (Fsp3) is 0.719. The van der Waals surface area contributed by atoms with Gasteiger partial charge < -0.3 is 4.74 Å². The van der Waals surface area contributed by atoms with Crippen LogP contribution in [0.25, 0.3) is 0 Å². The average Bonchev–Trinajstić information content (AvgIpc) is 3.22. The van der Waals surface area contributed by atoms with Crippen molar-refractivity contribution >= 4 is 37.0 Å². The molecule has 0 aromatic heterocycles. The van der Waals surface area contributed by atoms with Gasteiger partial charge in [0.1, 0.15) is 6.10 Å². The van der Waals surface area contributed by atoms with Crippen LogP contribution in [-0.4, -0.2) is 38.2 Å². The molecule has 0 heterocycles. The van der Waals surface area contributed by atoms with Crippen LogP contribution in [0.2, 0.25) is 10.3 Å². The Morgan fingerprint density at radius 1 is 1.16 bits per heavy atom.